The van der Waals surface area contributed by atoms with Crippen LogP contribution in [-0.4, -0.2) is 70.7 Å². The van der Waals surface area contributed by atoms with Gasteiger partial charge < -0.3 is 15.4 Å². The zero-order valence-electron chi connectivity index (χ0n) is 28.2. The summed E-state index contributed by atoms with van der Waals surface area (Å²) in [5.41, 5.74) is 6.08. The van der Waals surface area contributed by atoms with E-state index in [4.69, 9.17) is 51.1 Å². The van der Waals surface area contributed by atoms with Gasteiger partial charge in [-0.3, -0.25) is 20.4 Å². The number of rotatable bonds is 8. The quantitative estimate of drug-likeness (QED) is 0.105. The lowest BCUT2D eigenvalue weighted by Gasteiger charge is -2.26. The predicted octanol–water partition coefficient (Wildman–Crippen LogP) is 10.5. The van der Waals surface area contributed by atoms with Crippen LogP contribution in [0.1, 0.15) is 0 Å². The van der Waals surface area contributed by atoms with Crippen LogP contribution in [0, 0.1) is 0 Å². The molecule has 270 valence electrons. The van der Waals surface area contributed by atoms with Gasteiger partial charge in [0.2, 0.25) is 0 Å². The van der Waals surface area contributed by atoms with E-state index in [2.05, 4.69) is 59.4 Å². The monoisotopic (exact) mass is 786 g/mol. The molecule has 0 saturated carbocycles. The number of hydrogen-bond donors (Lipinski definition) is 5. The molecule has 0 atom stereocenters. The first-order valence-corrected chi connectivity index (χ1v) is 18.4. The molecule has 1 fully saturated rings. The van der Waals surface area contributed by atoms with E-state index in [1.54, 1.807) is 24.3 Å². The first kappa shape index (κ1) is 36.5. The molecular formula is C39H34Cl4N8O2. The van der Waals surface area contributed by atoms with Gasteiger partial charge in [0, 0.05) is 63.8 Å². The molecule has 3 heterocycles. The Balaban J connectivity index is 0.000000165. The average Bonchev–Trinajstić information content (AvgIpc) is 3.74. The molecular weight excluding hydrogens is 754 g/mol. The van der Waals surface area contributed by atoms with Crippen LogP contribution in [0.3, 0.4) is 0 Å². The Hall–Kier alpha value is -4.81. The minimum absolute atomic E-state index is 0.384. The van der Waals surface area contributed by atoms with Crippen molar-refractivity contribution in [2.45, 2.75) is 0 Å². The molecule has 0 bridgehead atoms. The topological polar surface area (TPSA) is 123 Å². The molecule has 5 N–H and O–H groups in total. The average molecular weight is 789 g/mol. The van der Waals surface area contributed by atoms with Gasteiger partial charge in [0.15, 0.2) is 11.6 Å². The molecule has 10 nitrogen and oxygen atoms in total. The lowest BCUT2D eigenvalue weighted by Crippen LogP contribution is -2.39. The van der Waals surface area contributed by atoms with E-state index in [-0.39, 0.29) is 0 Å². The lowest BCUT2D eigenvalue weighted by molar-refractivity contribution is 0.0398. The fourth-order valence-electron chi connectivity index (χ4n) is 6.04. The largest absolute Gasteiger partial charge is 0.379 e. The highest BCUT2D eigenvalue weighted by molar-refractivity contribution is 6.35. The number of carbonyl (C=O) groups excluding carboxylic acids is 1. The fraction of sp³-hybridized carbons (Fsp3) is 0.154. The van der Waals surface area contributed by atoms with E-state index >= 15 is 0 Å². The number of urea groups is 1. The highest BCUT2D eigenvalue weighted by Gasteiger charge is 2.15. The third-order valence-corrected chi connectivity index (χ3v) is 9.71. The van der Waals surface area contributed by atoms with Gasteiger partial charge in [-0.05, 0) is 53.6 Å². The minimum Gasteiger partial charge on any atom is -0.379 e. The number of aromatic nitrogens is 4. The summed E-state index contributed by atoms with van der Waals surface area (Å²) in [6.07, 6.45) is 0. The van der Waals surface area contributed by atoms with E-state index in [0.717, 1.165) is 88.8 Å². The maximum absolute atomic E-state index is 12.4. The third-order valence-electron chi connectivity index (χ3n) is 8.65. The number of H-pyrrole nitrogens is 2. The first-order chi connectivity index (χ1) is 25.8. The van der Waals surface area contributed by atoms with E-state index < -0.39 is 6.03 Å². The number of fused-ring (bicyclic) bond motifs is 2. The standard InChI is InChI=1S/C20H13Cl3N4O.C19H21ClN4O/c21-12-6-13(22)8-14(7-12)24-20(28)25-19-16-9-15(11-4-2-1-3-5-11)17(23)10-18(16)26-27-19;20-17-13-18-16(12-15(17)14-4-2-1-3-5-14)19(23-22-18)21-6-7-24-8-10-25-11-9-24/h1-10H,(H3,24,25,26,27,28);1-5,12-13H,6-11H2,(H2,21,22,23). The Morgan fingerprint density at radius 1 is 0.679 bits per heavy atom. The van der Waals surface area contributed by atoms with Crippen molar-refractivity contribution in [3.8, 4) is 22.3 Å². The number of carbonyl (C=O) groups is 1. The lowest BCUT2D eigenvalue weighted by atomic mass is 10.0. The number of aromatic amines is 2. The molecule has 2 amide bonds. The smallest absolute Gasteiger partial charge is 0.324 e. The van der Waals surface area contributed by atoms with Crippen LogP contribution in [0.25, 0.3) is 44.1 Å². The SMILES string of the molecule is Clc1cc2[nH]nc(NCCN3CCOCC3)c2cc1-c1ccccc1.O=C(Nc1cc(Cl)cc(Cl)c1)Nc1n[nH]c2cc(Cl)c(-c3ccccc3)cc12. The Kier molecular flexibility index (Phi) is 11.7. The summed E-state index contributed by atoms with van der Waals surface area (Å²) in [4.78, 5) is 14.8. The number of morpholine rings is 1. The number of amides is 2. The molecule has 0 unspecified atom stereocenters. The van der Waals surface area contributed by atoms with Gasteiger partial charge in [0.05, 0.1) is 34.3 Å². The summed E-state index contributed by atoms with van der Waals surface area (Å²) in [6.45, 7) is 5.47. The Morgan fingerprint density at radius 2 is 1.21 bits per heavy atom. The zero-order valence-corrected chi connectivity index (χ0v) is 31.3. The molecule has 2 aromatic heterocycles. The summed E-state index contributed by atoms with van der Waals surface area (Å²) >= 11 is 24.8. The maximum Gasteiger partial charge on any atom is 0.324 e. The summed E-state index contributed by atoms with van der Waals surface area (Å²) < 4.78 is 5.38. The van der Waals surface area contributed by atoms with E-state index in [1.807, 2.05) is 60.7 Å². The summed E-state index contributed by atoms with van der Waals surface area (Å²) in [7, 11) is 0. The van der Waals surface area contributed by atoms with Gasteiger partial charge >= 0.3 is 6.03 Å². The molecule has 7 aromatic rings. The number of benzene rings is 5. The minimum atomic E-state index is -0.469. The van der Waals surface area contributed by atoms with Crippen LogP contribution in [0.15, 0.2) is 103 Å². The molecule has 1 saturated heterocycles. The van der Waals surface area contributed by atoms with Crippen LogP contribution < -0.4 is 16.0 Å². The van der Waals surface area contributed by atoms with Crippen molar-refractivity contribution < 1.29 is 9.53 Å². The van der Waals surface area contributed by atoms with E-state index in [0.29, 0.717) is 32.1 Å². The summed E-state index contributed by atoms with van der Waals surface area (Å²) in [5.74, 6) is 1.26. The van der Waals surface area contributed by atoms with Crippen molar-refractivity contribution in [2.75, 3.05) is 55.3 Å². The molecule has 1 aliphatic rings. The van der Waals surface area contributed by atoms with Crippen LogP contribution in [-0.2, 0) is 4.74 Å². The van der Waals surface area contributed by atoms with Crippen molar-refractivity contribution in [3.05, 3.63) is 123 Å². The highest BCUT2D eigenvalue weighted by Crippen LogP contribution is 2.35. The van der Waals surface area contributed by atoms with Crippen LogP contribution in [0.2, 0.25) is 20.1 Å². The molecule has 53 heavy (non-hydrogen) atoms. The Bertz CT molecular complexity index is 2330. The van der Waals surface area contributed by atoms with Crippen molar-refractivity contribution in [2.24, 2.45) is 0 Å². The van der Waals surface area contributed by atoms with Crippen LogP contribution >= 0.6 is 46.4 Å². The molecule has 0 radical (unpaired) electrons. The number of halogens is 4. The molecule has 1 aliphatic heterocycles. The number of nitrogens with one attached hydrogen (secondary N) is 5. The number of ether oxygens (including phenoxy) is 1. The van der Waals surface area contributed by atoms with E-state index in [1.165, 1.54) is 0 Å². The van der Waals surface area contributed by atoms with Gasteiger partial charge in [0.25, 0.3) is 0 Å². The first-order valence-electron chi connectivity index (χ1n) is 16.8. The second kappa shape index (κ2) is 16.9. The second-order valence-corrected chi connectivity index (χ2v) is 13.9. The third kappa shape index (κ3) is 9.05. The number of nitrogens with zero attached hydrogens (tertiary/aromatic N) is 3. The zero-order chi connectivity index (χ0) is 36.7. The molecule has 5 aromatic carbocycles. The Labute approximate surface area is 325 Å². The van der Waals surface area contributed by atoms with Crippen molar-refractivity contribution in [3.63, 3.8) is 0 Å². The molecule has 8 rings (SSSR count). The van der Waals surface area contributed by atoms with Gasteiger partial charge in [-0.1, -0.05) is 107 Å². The maximum atomic E-state index is 12.4. The van der Waals surface area contributed by atoms with Gasteiger partial charge in [-0.2, -0.15) is 10.2 Å². The van der Waals surface area contributed by atoms with Gasteiger partial charge in [-0.25, -0.2) is 4.79 Å². The summed E-state index contributed by atoms with van der Waals surface area (Å²) in [5, 5.41) is 27.4. The van der Waals surface area contributed by atoms with Gasteiger partial charge in [-0.15, -0.1) is 0 Å². The van der Waals surface area contributed by atoms with Crippen LogP contribution in [0.4, 0.5) is 22.1 Å². The molecule has 0 spiro atoms. The Morgan fingerprint density at radius 3 is 1.77 bits per heavy atom. The second-order valence-electron chi connectivity index (χ2n) is 12.2. The normalized spacial score (nSPS) is 13.1. The van der Waals surface area contributed by atoms with Crippen molar-refractivity contribution in [1.82, 2.24) is 25.3 Å². The van der Waals surface area contributed by atoms with Gasteiger partial charge in [0.1, 0.15) is 0 Å². The molecule has 0 aliphatic carbocycles. The number of anilines is 3. The molecule has 14 heteroatoms. The number of hydrogen-bond acceptors (Lipinski definition) is 6. The van der Waals surface area contributed by atoms with E-state index in [9.17, 15) is 4.79 Å². The highest BCUT2D eigenvalue weighted by atomic mass is 35.5. The van der Waals surface area contributed by atoms with Crippen molar-refractivity contribution in [1.29, 1.82) is 0 Å². The predicted molar refractivity (Wildman–Crippen MR) is 218 cm³/mol. The van der Waals surface area contributed by atoms with Crippen molar-refractivity contribution >= 4 is 91.6 Å². The fourth-order valence-corrected chi connectivity index (χ4v) is 7.11. The van der Waals surface area contributed by atoms with Crippen LogP contribution in [0.5, 0.6) is 0 Å². The summed E-state index contributed by atoms with van der Waals surface area (Å²) in [6, 6.07) is 32.0.